The maximum absolute atomic E-state index is 3.87. The smallest absolute Gasteiger partial charge is 0.0386 e. The van der Waals surface area contributed by atoms with Gasteiger partial charge in [0.1, 0.15) is 0 Å². The molecule has 0 aliphatic rings. The van der Waals surface area contributed by atoms with E-state index in [0.29, 0.717) is 0 Å². The first-order chi connectivity index (χ1) is 7.91. The first kappa shape index (κ1) is 16.0. The maximum Gasteiger partial charge on any atom is -0.0386 e. The lowest BCUT2D eigenvalue weighted by molar-refractivity contribution is 0.557. The highest BCUT2D eigenvalue weighted by Crippen LogP contribution is 2.12. The zero-order valence-corrected chi connectivity index (χ0v) is 11.2. The highest BCUT2D eigenvalue weighted by Gasteiger charge is 1.92. The molecule has 0 aromatic carbocycles. The van der Waals surface area contributed by atoms with Gasteiger partial charge in [0.15, 0.2) is 0 Å². The van der Waals surface area contributed by atoms with Gasteiger partial charge in [-0.25, -0.2) is 0 Å². The van der Waals surface area contributed by atoms with Crippen molar-refractivity contribution in [2.24, 2.45) is 0 Å². The molecule has 95 valence electrons. The molecule has 0 atom stereocenters. The summed E-state index contributed by atoms with van der Waals surface area (Å²) in [5.41, 5.74) is 0. The van der Waals surface area contributed by atoms with Crippen molar-refractivity contribution in [3.05, 3.63) is 20.3 Å². The Hall–Kier alpha value is 0. The summed E-state index contributed by atoms with van der Waals surface area (Å²) in [7, 11) is 0. The molecule has 0 amide bonds. The van der Waals surface area contributed by atoms with E-state index in [0.717, 1.165) is 12.8 Å². The number of hydrogen-bond acceptors (Lipinski definition) is 0. The van der Waals surface area contributed by atoms with Crippen LogP contribution in [-0.2, 0) is 0 Å². The minimum atomic E-state index is 1.06. The Balaban J connectivity index is 2.83. The van der Waals surface area contributed by atoms with Crippen LogP contribution < -0.4 is 0 Å². The summed E-state index contributed by atoms with van der Waals surface area (Å²) < 4.78 is 0. The van der Waals surface area contributed by atoms with Gasteiger partial charge >= 0.3 is 0 Å². The molecule has 0 unspecified atom stereocenters. The molecule has 3 radical (unpaired) electrons. The summed E-state index contributed by atoms with van der Waals surface area (Å²) in [5.74, 6) is 0. The quantitative estimate of drug-likeness (QED) is 0.339. The number of unbranched alkanes of at least 4 members (excludes halogenated alkanes) is 13. The fraction of sp³-hybridized carbons (Fsp3) is 0.812. The van der Waals surface area contributed by atoms with Gasteiger partial charge < -0.3 is 0 Å². The molecule has 0 nitrogen and oxygen atoms in total. The summed E-state index contributed by atoms with van der Waals surface area (Å²) in [6.07, 6.45) is 19.8. The molecule has 0 saturated carbocycles. The summed E-state index contributed by atoms with van der Waals surface area (Å²) >= 11 is 0. The molecule has 0 aliphatic heterocycles. The van der Waals surface area contributed by atoms with Gasteiger partial charge in [0.2, 0.25) is 0 Å². The second-order valence-corrected chi connectivity index (χ2v) is 4.76. The molecule has 0 saturated heterocycles. The van der Waals surface area contributed by atoms with Crippen LogP contribution in [0.15, 0.2) is 0 Å². The average Bonchev–Trinajstić information content (AvgIpc) is 2.31. The molecular formula is C16H31. The lowest BCUT2D eigenvalue weighted by atomic mass is 10.0. The normalized spacial score (nSPS) is 10.9. The Bertz CT molecular complexity index is 92.6. The van der Waals surface area contributed by atoms with Crippen LogP contribution in [0.4, 0.5) is 0 Å². The van der Waals surface area contributed by atoms with E-state index in [1.165, 1.54) is 70.6 Å². The second kappa shape index (κ2) is 15.0. The van der Waals surface area contributed by atoms with Crippen molar-refractivity contribution in [1.82, 2.24) is 0 Å². The van der Waals surface area contributed by atoms with Crippen LogP contribution in [0, 0.1) is 20.3 Å². The van der Waals surface area contributed by atoms with Crippen molar-refractivity contribution >= 4 is 0 Å². The third kappa shape index (κ3) is 14.0. The van der Waals surface area contributed by atoms with Gasteiger partial charge in [-0.15, -0.1) is 0 Å². The zero-order chi connectivity index (χ0) is 11.9. The fourth-order valence-electron chi connectivity index (χ4n) is 1.99. The molecule has 0 aromatic heterocycles. The molecular weight excluding hydrogens is 192 g/mol. The van der Waals surface area contributed by atoms with Crippen molar-refractivity contribution in [3.63, 3.8) is 0 Å². The second-order valence-electron chi connectivity index (χ2n) is 4.76. The first-order valence-electron chi connectivity index (χ1n) is 7.32. The highest BCUT2D eigenvalue weighted by atomic mass is 14.0. The minimum Gasteiger partial charge on any atom is -0.0533 e. The van der Waals surface area contributed by atoms with E-state index < -0.39 is 0 Å². The lowest BCUT2D eigenvalue weighted by Crippen LogP contribution is -1.83. The van der Waals surface area contributed by atoms with E-state index in [9.17, 15) is 0 Å². The molecule has 0 aliphatic carbocycles. The third-order valence-electron chi connectivity index (χ3n) is 3.07. The van der Waals surface area contributed by atoms with Crippen LogP contribution >= 0.6 is 0 Å². The van der Waals surface area contributed by atoms with Gasteiger partial charge in [-0.1, -0.05) is 97.3 Å². The zero-order valence-electron chi connectivity index (χ0n) is 11.2. The van der Waals surface area contributed by atoms with Crippen molar-refractivity contribution in [3.8, 4) is 0 Å². The van der Waals surface area contributed by atoms with Gasteiger partial charge in [-0.3, -0.25) is 0 Å². The summed E-state index contributed by atoms with van der Waals surface area (Å²) in [6, 6.07) is 0. The SMILES string of the molecule is [CH2]CC[CH]CCCCCCCCCCC[CH2]. The van der Waals surface area contributed by atoms with E-state index in [2.05, 4.69) is 20.3 Å². The molecule has 0 bridgehead atoms. The predicted molar refractivity (Wildman–Crippen MR) is 75.0 cm³/mol. The Kier molecular flexibility index (Phi) is 15.0. The predicted octanol–water partition coefficient (Wildman–Crippen LogP) is 5.93. The Labute approximate surface area is 104 Å². The van der Waals surface area contributed by atoms with Crippen LogP contribution in [0.25, 0.3) is 0 Å². The monoisotopic (exact) mass is 223 g/mol. The van der Waals surface area contributed by atoms with E-state index in [-0.39, 0.29) is 0 Å². The van der Waals surface area contributed by atoms with E-state index in [4.69, 9.17) is 0 Å². The van der Waals surface area contributed by atoms with E-state index >= 15 is 0 Å². The number of rotatable bonds is 13. The molecule has 0 rings (SSSR count). The van der Waals surface area contributed by atoms with E-state index in [1.54, 1.807) is 0 Å². The third-order valence-corrected chi connectivity index (χ3v) is 3.07. The van der Waals surface area contributed by atoms with Crippen LogP contribution in [0.5, 0.6) is 0 Å². The molecule has 0 heterocycles. The standard InChI is InChI=1S/C16H31/c1-3-5-7-9-11-13-15-16-14-12-10-8-6-4-2/h7H,1-6,8-16H2. The first-order valence-corrected chi connectivity index (χ1v) is 7.32. The van der Waals surface area contributed by atoms with Gasteiger partial charge in [0, 0.05) is 0 Å². The Morgan fingerprint density at radius 3 is 1.50 bits per heavy atom. The largest absolute Gasteiger partial charge is 0.0533 e. The molecule has 0 spiro atoms. The maximum atomic E-state index is 3.87. The van der Waals surface area contributed by atoms with Crippen molar-refractivity contribution in [2.75, 3.05) is 0 Å². The Morgan fingerprint density at radius 2 is 1.00 bits per heavy atom. The molecule has 0 heteroatoms. The van der Waals surface area contributed by atoms with Gasteiger partial charge in [-0.05, 0) is 6.42 Å². The van der Waals surface area contributed by atoms with Crippen LogP contribution in [0.3, 0.4) is 0 Å². The van der Waals surface area contributed by atoms with Gasteiger partial charge in [-0.2, -0.15) is 0 Å². The summed E-state index contributed by atoms with van der Waals surface area (Å²) in [6.45, 7) is 7.71. The van der Waals surface area contributed by atoms with Gasteiger partial charge in [0.05, 0.1) is 0 Å². The molecule has 0 fully saturated rings. The topological polar surface area (TPSA) is 0 Å². The van der Waals surface area contributed by atoms with Crippen molar-refractivity contribution in [1.29, 1.82) is 0 Å². The van der Waals surface area contributed by atoms with Crippen molar-refractivity contribution in [2.45, 2.75) is 83.5 Å². The van der Waals surface area contributed by atoms with Gasteiger partial charge in [0.25, 0.3) is 0 Å². The fourth-order valence-corrected chi connectivity index (χ4v) is 1.99. The van der Waals surface area contributed by atoms with Crippen LogP contribution in [-0.4, -0.2) is 0 Å². The Morgan fingerprint density at radius 1 is 0.500 bits per heavy atom. The molecule has 0 N–H and O–H groups in total. The van der Waals surface area contributed by atoms with E-state index in [1.807, 2.05) is 0 Å². The van der Waals surface area contributed by atoms with Crippen LogP contribution in [0.2, 0.25) is 0 Å². The average molecular weight is 223 g/mol. The van der Waals surface area contributed by atoms with Crippen LogP contribution in [0.1, 0.15) is 83.5 Å². The highest BCUT2D eigenvalue weighted by molar-refractivity contribution is 4.64. The summed E-state index contributed by atoms with van der Waals surface area (Å²) in [5, 5.41) is 0. The lowest BCUT2D eigenvalue weighted by Gasteiger charge is -2.02. The molecule has 16 heavy (non-hydrogen) atoms. The number of hydrogen-bond donors (Lipinski definition) is 0. The minimum absolute atomic E-state index is 1.06. The van der Waals surface area contributed by atoms with Crippen molar-refractivity contribution < 1.29 is 0 Å². The molecule has 0 aromatic rings. The summed E-state index contributed by atoms with van der Waals surface area (Å²) in [4.78, 5) is 0.